The zero-order valence-electron chi connectivity index (χ0n) is 9.36. The molecule has 1 aliphatic carbocycles. The van der Waals surface area contributed by atoms with Crippen LogP contribution >= 0.6 is 15.9 Å². The minimum absolute atomic E-state index is 0.0432. The molecule has 0 N–H and O–H groups in total. The summed E-state index contributed by atoms with van der Waals surface area (Å²) in [5, 5.41) is 0. The first-order chi connectivity index (χ1) is 8.08. The fourth-order valence-corrected chi connectivity index (χ4v) is 3.48. The summed E-state index contributed by atoms with van der Waals surface area (Å²) in [6, 6.07) is 1.47. The van der Waals surface area contributed by atoms with Crippen LogP contribution in [0.25, 0.3) is 0 Å². The average molecular weight is 307 g/mol. The molecule has 1 atom stereocenters. The van der Waals surface area contributed by atoms with Crippen molar-refractivity contribution < 1.29 is 13.2 Å². The van der Waals surface area contributed by atoms with Gasteiger partial charge in [0.05, 0.1) is 0 Å². The summed E-state index contributed by atoms with van der Waals surface area (Å²) in [5.41, 5.74) is -0.0432. The van der Waals surface area contributed by atoms with Gasteiger partial charge >= 0.3 is 0 Å². The Morgan fingerprint density at radius 1 is 1.12 bits per heavy atom. The lowest BCUT2D eigenvalue weighted by Crippen LogP contribution is -2.05. The van der Waals surface area contributed by atoms with E-state index < -0.39 is 17.5 Å². The third-order valence-electron chi connectivity index (χ3n) is 3.37. The van der Waals surface area contributed by atoms with Gasteiger partial charge in [-0.2, -0.15) is 0 Å². The maximum Gasteiger partial charge on any atom is 0.133 e. The molecule has 0 amide bonds. The van der Waals surface area contributed by atoms with E-state index in [1.165, 1.54) is 12.8 Å². The van der Waals surface area contributed by atoms with Gasteiger partial charge in [-0.25, -0.2) is 13.2 Å². The lowest BCUT2D eigenvalue weighted by atomic mass is 9.97. The lowest BCUT2D eigenvalue weighted by molar-refractivity contribution is 0.472. The average Bonchev–Trinajstić information content (AvgIpc) is 2.68. The Morgan fingerprint density at radius 2 is 1.65 bits per heavy atom. The second kappa shape index (κ2) is 5.42. The van der Waals surface area contributed by atoms with Crippen LogP contribution in [0, 0.1) is 23.4 Å². The summed E-state index contributed by atoms with van der Waals surface area (Å²) in [4.78, 5) is -0.369. The normalized spacial score (nSPS) is 18.6. The molecule has 17 heavy (non-hydrogen) atoms. The molecule has 0 nitrogen and oxygen atoms in total. The fourth-order valence-electron chi connectivity index (χ4n) is 2.51. The fraction of sp³-hybridized carbons (Fsp3) is 0.538. The summed E-state index contributed by atoms with van der Waals surface area (Å²) in [5.74, 6) is -1.96. The van der Waals surface area contributed by atoms with Crippen LogP contribution in [0.2, 0.25) is 0 Å². The molecule has 1 unspecified atom stereocenters. The molecule has 0 heterocycles. The van der Waals surface area contributed by atoms with Crippen molar-refractivity contribution >= 4 is 15.9 Å². The summed E-state index contributed by atoms with van der Waals surface area (Å²) in [6.45, 7) is 0. The van der Waals surface area contributed by atoms with Crippen LogP contribution < -0.4 is 0 Å². The largest absolute Gasteiger partial charge is 0.207 e. The molecule has 0 bridgehead atoms. The minimum Gasteiger partial charge on any atom is -0.207 e. The molecule has 0 spiro atoms. The number of hydrogen-bond acceptors (Lipinski definition) is 0. The quantitative estimate of drug-likeness (QED) is 0.680. The van der Waals surface area contributed by atoms with Crippen molar-refractivity contribution in [3.63, 3.8) is 0 Å². The first-order valence-corrected chi connectivity index (χ1v) is 6.78. The molecule has 1 aromatic rings. The van der Waals surface area contributed by atoms with Crippen LogP contribution in [0.3, 0.4) is 0 Å². The summed E-state index contributed by atoms with van der Waals surface area (Å²) in [6.07, 6.45) is 5.33. The van der Waals surface area contributed by atoms with E-state index in [0.29, 0.717) is 12.3 Å². The minimum atomic E-state index is -0.871. The summed E-state index contributed by atoms with van der Waals surface area (Å²) in [7, 11) is 0. The Bertz CT molecular complexity index is 377. The van der Waals surface area contributed by atoms with Crippen molar-refractivity contribution in [2.24, 2.45) is 5.92 Å². The molecule has 0 aromatic heterocycles. The van der Waals surface area contributed by atoms with Crippen molar-refractivity contribution in [3.05, 3.63) is 35.1 Å². The molecule has 1 fully saturated rings. The van der Waals surface area contributed by atoms with Crippen molar-refractivity contribution in [1.82, 2.24) is 0 Å². The van der Waals surface area contributed by atoms with Gasteiger partial charge in [-0.15, -0.1) is 0 Å². The number of hydrogen-bond donors (Lipinski definition) is 0. The van der Waals surface area contributed by atoms with Crippen LogP contribution in [0.1, 0.15) is 42.5 Å². The third-order valence-corrected chi connectivity index (χ3v) is 4.20. The molecule has 0 saturated heterocycles. The van der Waals surface area contributed by atoms with Crippen molar-refractivity contribution in [2.45, 2.75) is 36.9 Å². The van der Waals surface area contributed by atoms with Gasteiger partial charge in [0.25, 0.3) is 0 Å². The van der Waals surface area contributed by atoms with Gasteiger partial charge in [-0.05, 0) is 12.3 Å². The molecule has 0 radical (unpaired) electrons. The Balaban J connectivity index is 2.15. The van der Waals surface area contributed by atoms with Crippen LogP contribution in [0.4, 0.5) is 13.2 Å². The number of benzene rings is 1. The highest BCUT2D eigenvalue weighted by Gasteiger charge is 2.24. The zero-order chi connectivity index (χ0) is 12.4. The predicted octanol–water partition coefficient (Wildman–Crippen LogP) is 5.12. The van der Waals surface area contributed by atoms with Gasteiger partial charge in [0.2, 0.25) is 0 Å². The van der Waals surface area contributed by atoms with Crippen molar-refractivity contribution in [1.29, 1.82) is 0 Å². The van der Waals surface area contributed by atoms with E-state index >= 15 is 0 Å². The highest BCUT2D eigenvalue weighted by molar-refractivity contribution is 9.09. The zero-order valence-corrected chi connectivity index (χ0v) is 10.9. The highest BCUT2D eigenvalue weighted by atomic mass is 79.9. The van der Waals surface area contributed by atoms with Crippen molar-refractivity contribution in [3.8, 4) is 0 Å². The van der Waals surface area contributed by atoms with Gasteiger partial charge in [0.15, 0.2) is 0 Å². The van der Waals surface area contributed by atoms with Crippen molar-refractivity contribution in [2.75, 3.05) is 0 Å². The first-order valence-electron chi connectivity index (χ1n) is 5.86. The summed E-state index contributed by atoms with van der Waals surface area (Å²) < 4.78 is 39.8. The van der Waals surface area contributed by atoms with Gasteiger partial charge in [0.1, 0.15) is 17.5 Å². The molecule has 2 rings (SSSR count). The highest BCUT2D eigenvalue weighted by Crippen LogP contribution is 2.39. The van der Waals surface area contributed by atoms with Gasteiger partial charge in [-0.3, -0.25) is 0 Å². The number of rotatable bonds is 3. The molecule has 1 saturated carbocycles. The second-order valence-electron chi connectivity index (χ2n) is 4.64. The van der Waals surface area contributed by atoms with Crippen LogP contribution in [-0.4, -0.2) is 0 Å². The molecule has 1 aromatic carbocycles. The molecular weight excluding hydrogens is 293 g/mol. The maximum atomic E-state index is 13.5. The molecular formula is C13H14BrF3. The van der Waals surface area contributed by atoms with Gasteiger partial charge in [-0.1, -0.05) is 41.6 Å². The van der Waals surface area contributed by atoms with E-state index in [9.17, 15) is 13.2 Å². The van der Waals surface area contributed by atoms with E-state index in [0.717, 1.165) is 25.0 Å². The van der Waals surface area contributed by atoms with E-state index in [4.69, 9.17) is 0 Å². The van der Waals surface area contributed by atoms with Crippen LogP contribution in [0.5, 0.6) is 0 Å². The van der Waals surface area contributed by atoms with E-state index in [-0.39, 0.29) is 10.4 Å². The smallest absolute Gasteiger partial charge is 0.133 e. The Morgan fingerprint density at radius 3 is 2.18 bits per heavy atom. The maximum absolute atomic E-state index is 13.5. The molecule has 94 valence electrons. The lowest BCUT2D eigenvalue weighted by Gasteiger charge is -2.16. The Hall–Kier alpha value is -0.510. The third kappa shape index (κ3) is 3.03. The van der Waals surface area contributed by atoms with Crippen LogP contribution in [-0.2, 0) is 0 Å². The monoisotopic (exact) mass is 306 g/mol. The Kier molecular flexibility index (Phi) is 4.13. The number of alkyl halides is 1. The van der Waals surface area contributed by atoms with Crippen LogP contribution in [0.15, 0.2) is 12.1 Å². The topological polar surface area (TPSA) is 0 Å². The predicted molar refractivity (Wildman–Crippen MR) is 64.6 cm³/mol. The molecule has 4 heteroatoms. The molecule has 1 aliphatic rings. The van der Waals surface area contributed by atoms with E-state index in [1.807, 2.05) is 0 Å². The van der Waals surface area contributed by atoms with E-state index in [2.05, 4.69) is 15.9 Å². The number of halogens is 4. The van der Waals surface area contributed by atoms with Gasteiger partial charge < -0.3 is 0 Å². The standard InChI is InChI=1S/C13H14BrF3/c14-10(5-8-3-1-2-4-8)13-11(16)6-9(15)7-12(13)17/h6-8,10H,1-5H2. The molecule has 0 aliphatic heterocycles. The summed E-state index contributed by atoms with van der Waals surface area (Å²) >= 11 is 3.32. The second-order valence-corrected chi connectivity index (χ2v) is 5.74. The Labute approximate surface area is 107 Å². The van der Waals surface area contributed by atoms with E-state index in [1.54, 1.807) is 0 Å². The van der Waals surface area contributed by atoms with Gasteiger partial charge in [0, 0.05) is 22.5 Å². The first kappa shape index (κ1) is 12.9. The SMILES string of the molecule is Fc1cc(F)c(C(Br)CC2CCCC2)c(F)c1.